The van der Waals surface area contributed by atoms with E-state index in [1.54, 1.807) is 0 Å². The minimum atomic E-state index is -0.327. The summed E-state index contributed by atoms with van der Waals surface area (Å²) in [6, 6.07) is 0.162. The van der Waals surface area contributed by atoms with Crippen molar-refractivity contribution in [1.29, 1.82) is 0 Å². The summed E-state index contributed by atoms with van der Waals surface area (Å²) in [6.45, 7) is 5.66. The van der Waals surface area contributed by atoms with Crippen molar-refractivity contribution in [1.82, 2.24) is 5.32 Å². The maximum absolute atomic E-state index is 12.1. The number of nitrogens with two attached hydrogens (primary N) is 1. The Morgan fingerprint density at radius 1 is 1.50 bits per heavy atom. The van der Waals surface area contributed by atoms with Crippen molar-refractivity contribution in [3.05, 3.63) is 0 Å². The van der Waals surface area contributed by atoms with E-state index in [1.807, 2.05) is 6.92 Å². The van der Waals surface area contributed by atoms with E-state index in [0.29, 0.717) is 10.9 Å². The third kappa shape index (κ3) is 4.53. The Bertz CT molecular complexity index is 291. The molecule has 0 aromatic heterocycles. The lowest BCUT2D eigenvalue weighted by Crippen LogP contribution is -2.45. The van der Waals surface area contributed by atoms with Crippen molar-refractivity contribution in [2.75, 3.05) is 13.2 Å². The summed E-state index contributed by atoms with van der Waals surface area (Å²) in [5.41, 5.74) is 5.63. The zero-order valence-electron chi connectivity index (χ0n) is 11.3. The highest BCUT2D eigenvalue weighted by atomic mass is 32.1. The van der Waals surface area contributed by atoms with Crippen LogP contribution in [0.4, 0.5) is 0 Å². The van der Waals surface area contributed by atoms with E-state index < -0.39 is 0 Å². The van der Waals surface area contributed by atoms with Gasteiger partial charge in [0.25, 0.3) is 0 Å². The topological polar surface area (TPSA) is 64.3 Å². The molecule has 0 spiro atoms. The summed E-state index contributed by atoms with van der Waals surface area (Å²) in [7, 11) is 0. The standard InChI is InChI=1S/C13H24N2O2S/c1-3-4-11(12(14)18)13(16)15-9(2)10-5-7-17-8-6-10/h9-11H,3-8H2,1-2H3,(H2,14,18)(H,15,16). The number of hydrogen-bond donors (Lipinski definition) is 2. The van der Waals surface area contributed by atoms with Gasteiger partial charge in [-0.05, 0) is 32.1 Å². The first kappa shape index (κ1) is 15.4. The lowest BCUT2D eigenvalue weighted by molar-refractivity contribution is -0.124. The molecule has 2 atom stereocenters. The van der Waals surface area contributed by atoms with Gasteiger partial charge in [-0.1, -0.05) is 25.6 Å². The molecule has 18 heavy (non-hydrogen) atoms. The van der Waals surface area contributed by atoms with Gasteiger partial charge in [-0.3, -0.25) is 4.79 Å². The predicted octanol–water partition coefficient (Wildman–Crippen LogP) is 1.62. The van der Waals surface area contributed by atoms with Crippen LogP contribution < -0.4 is 11.1 Å². The van der Waals surface area contributed by atoms with E-state index in [-0.39, 0.29) is 17.9 Å². The summed E-state index contributed by atoms with van der Waals surface area (Å²) < 4.78 is 5.33. The summed E-state index contributed by atoms with van der Waals surface area (Å²) >= 11 is 4.96. The molecule has 1 aliphatic heterocycles. The predicted molar refractivity (Wildman–Crippen MR) is 76.3 cm³/mol. The summed E-state index contributed by atoms with van der Waals surface area (Å²) in [6.07, 6.45) is 3.64. The molecular weight excluding hydrogens is 248 g/mol. The van der Waals surface area contributed by atoms with Gasteiger partial charge in [-0.15, -0.1) is 0 Å². The molecular formula is C13H24N2O2S. The van der Waals surface area contributed by atoms with Crippen LogP contribution in [0.15, 0.2) is 0 Å². The molecule has 0 radical (unpaired) electrons. The molecule has 0 aromatic carbocycles. The molecule has 5 heteroatoms. The fraction of sp³-hybridized carbons (Fsp3) is 0.846. The van der Waals surface area contributed by atoms with Crippen LogP contribution in [0.25, 0.3) is 0 Å². The molecule has 0 saturated carbocycles. The highest BCUT2D eigenvalue weighted by Gasteiger charge is 2.26. The quantitative estimate of drug-likeness (QED) is 0.721. The molecule has 4 nitrogen and oxygen atoms in total. The van der Waals surface area contributed by atoms with Gasteiger partial charge in [0.2, 0.25) is 5.91 Å². The number of amides is 1. The molecule has 1 rings (SSSR count). The van der Waals surface area contributed by atoms with Crippen molar-refractivity contribution >= 4 is 23.1 Å². The fourth-order valence-electron chi connectivity index (χ4n) is 2.35. The molecule has 1 heterocycles. The van der Waals surface area contributed by atoms with Gasteiger partial charge >= 0.3 is 0 Å². The van der Waals surface area contributed by atoms with E-state index in [2.05, 4.69) is 12.2 Å². The first-order valence-corrected chi connectivity index (χ1v) is 7.14. The summed E-state index contributed by atoms with van der Waals surface area (Å²) in [4.78, 5) is 12.4. The minimum Gasteiger partial charge on any atom is -0.393 e. The van der Waals surface area contributed by atoms with Crippen LogP contribution in [-0.2, 0) is 9.53 Å². The number of carbonyl (C=O) groups excluding carboxylic acids is 1. The van der Waals surface area contributed by atoms with Crippen molar-refractivity contribution in [3.63, 3.8) is 0 Å². The smallest absolute Gasteiger partial charge is 0.230 e. The van der Waals surface area contributed by atoms with Crippen LogP contribution in [-0.4, -0.2) is 30.2 Å². The van der Waals surface area contributed by atoms with Gasteiger partial charge in [-0.2, -0.15) is 0 Å². The number of nitrogens with one attached hydrogen (secondary N) is 1. The SMILES string of the molecule is CCCC(C(=O)NC(C)C1CCOCC1)C(N)=S. The Labute approximate surface area is 115 Å². The van der Waals surface area contributed by atoms with Gasteiger partial charge in [0, 0.05) is 19.3 Å². The largest absolute Gasteiger partial charge is 0.393 e. The molecule has 1 amide bonds. The molecule has 1 aliphatic rings. The van der Waals surface area contributed by atoms with Gasteiger partial charge in [0.05, 0.1) is 10.9 Å². The Hall–Kier alpha value is -0.680. The second-order valence-corrected chi connectivity index (χ2v) is 5.46. The molecule has 0 bridgehead atoms. The first-order chi connectivity index (χ1) is 8.56. The highest BCUT2D eigenvalue weighted by Crippen LogP contribution is 2.19. The monoisotopic (exact) mass is 272 g/mol. The average Bonchev–Trinajstić information content (AvgIpc) is 2.36. The third-order valence-electron chi connectivity index (χ3n) is 3.58. The molecule has 1 fully saturated rings. The Morgan fingerprint density at radius 2 is 2.11 bits per heavy atom. The van der Waals surface area contributed by atoms with Gasteiger partial charge in [0.15, 0.2) is 0 Å². The van der Waals surface area contributed by atoms with E-state index in [9.17, 15) is 4.79 Å². The normalized spacial score (nSPS) is 20.1. The Balaban J connectivity index is 2.48. The molecule has 1 saturated heterocycles. The minimum absolute atomic E-state index is 0.0247. The summed E-state index contributed by atoms with van der Waals surface area (Å²) in [5.74, 6) is 0.145. The van der Waals surface area contributed by atoms with Crippen molar-refractivity contribution in [2.24, 2.45) is 17.6 Å². The number of carbonyl (C=O) groups is 1. The maximum atomic E-state index is 12.1. The second-order valence-electron chi connectivity index (χ2n) is 4.99. The van der Waals surface area contributed by atoms with Gasteiger partial charge < -0.3 is 15.8 Å². The van der Waals surface area contributed by atoms with E-state index >= 15 is 0 Å². The van der Waals surface area contributed by atoms with E-state index in [0.717, 1.165) is 38.9 Å². The van der Waals surface area contributed by atoms with Crippen LogP contribution in [0, 0.1) is 11.8 Å². The van der Waals surface area contributed by atoms with E-state index in [1.165, 1.54) is 0 Å². The molecule has 2 unspecified atom stereocenters. The van der Waals surface area contributed by atoms with Crippen LogP contribution in [0.5, 0.6) is 0 Å². The molecule has 3 N–H and O–H groups in total. The average molecular weight is 272 g/mol. The first-order valence-electron chi connectivity index (χ1n) is 6.73. The number of rotatable bonds is 6. The number of hydrogen-bond acceptors (Lipinski definition) is 3. The maximum Gasteiger partial charge on any atom is 0.230 e. The van der Waals surface area contributed by atoms with Gasteiger partial charge in [0.1, 0.15) is 0 Å². The second kappa shape index (κ2) is 7.69. The van der Waals surface area contributed by atoms with Crippen molar-refractivity contribution < 1.29 is 9.53 Å². The third-order valence-corrected chi connectivity index (χ3v) is 3.86. The number of ether oxygens (including phenoxy) is 1. The van der Waals surface area contributed by atoms with Crippen molar-refractivity contribution in [2.45, 2.75) is 45.6 Å². The van der Waals surface area contributed by atoms with Crippen molar-refractivity contribution in [3.8, 4) is 0 Å². The molecule has 0 aromatic rings. The van der Waals surface area contributed by atoms with E-state index in [4.69, 9.17) is 22.7 Å². The van der Waals surface area contributed by atoms with Crippen LogP contribution in [0.1, 0.15) is 39.5 Å². The fourth-order valence-corrected chi connectivity index (χ4v) is 2.57. The molecule has 104 valence electrons. The zero-order valence-corrected chi connectivity index (χ0v) is 12.1. The highest BCUT2D eigenvalue weighted by molar-refractivity contribution is 7.80. The lowest BCUT2D eigenvalue weighted by Gasteiger charge is -2.29. The lowest BCUT2D eigenvalue weighted by atomic mass is 9.92. The van der Waals surface area contributed by atoms with Crippen LogP contribution in [0.2, 0.25) is 0 Å². The van der Waals surface area contributed by atoms with Crippen LogP contribution in [0.3, 0.4) is 0 Å². The zero-order chi connectivity index (χ0) is 13.5. The Morgan fingerprint density at radius 3 is 2.61 bits per heavy atom. The molecule has 0 aliphatic carbocycles. The van der Waals surface area contributed by atoms with Crippen LogP contribution >= 0.6 is 12.2 Å². The number of thiocarbonyl (C=S) groups is 1. The van der Waals surface area contributed by atoms with Gasteiger partial charge in [-0.25, -0.2) is 0 Å². The Kier molecular flexibility index (Phi) is 6.57. The summed E-state index contributed by atoms with van der Waals surface area (Å²) in [5, 5.41) is 3.05.